The van der Waals surface area contributed by atoms with Crippen LogP contribution in [0.2, 0.25) is 0 Å². The number of aliphatic hydroxyl groups is 2. The van der Waals surface area contributed by atoms with Crippen molar-refractivity contribution in [3.8, 4) is 0 Å². The van der Waals surface area contributed by atoms with Crippen molar-refractivity contribution in [2.45, 2.75) is 59.2 Å². The van der Waals surface area contributed by atoms with Gasteiger partial charge in [0, 0.05) is 6.08 Å². The summed E-state index contributed by atoms with van der Waals surface area (Å²) in [4.78, 5) is 11.2. The van der Waals surface area contributed by atoms with E-state index in [-0.39, 0.29) is 0 Å². The number of hydrogen-bond acceptors (Lipinski definition) is 4. The monoisotopic (exact) mass is 360 g/mol. The third kappa shape index (κ3) is 7.04. The van der Waals surface area contributed by atoms with E-state index in [2.05, 4.69) is 52.0 Å². The van der Waals surface area contributed by atoms with Crippen LogP contribution in [0.25, 0.3) is 0 Å². The van der Waals surface area contributed by atoms with Gasteiger partial charge in [0.1, 0.15) is 6.10 Å². The number of ether oxygens (including phenoxy) is 1. The Balaban J connectivity index is 2.50. The molecule has 144 valence electrons. The Morgan fingerprint density at radius 1 is 1.19 bits per heavy atom. The molecule has 4 nitrogen and oxygen atoms in total. The van der Waals surface area contributed by atoms with E-state index in [9.17, 15) is 15.0 Å². The van der Waals surface area contributed by atoms with E-state index >= 15 is 0 Å². The van der Waals surface area contributed by atoms with Crippen LogP contribution < -0.4 is 0 Å². The molecule has 1 rings (SSSR count). The van der Waals surface area contributed by atoms with Crippen molar-refractivity contribution in [3.05, 3.63) is 59.9 Å². The summed E-state index contributed by atoms with van der Waals surface area (Å²) in [5.74, 6) is -0.304. The van der Waals surface area contributed by atoms with Gasteiger partial charge in [-0.3, -0.25) is 0 Å². The minimum absolute atomic E-state index is 0.369. The summed E-state index contributed by atoms with van der Waals surface area (Å²) >= 11 is 0. The molecule has 0 radical (unpaired) electrons. The highest BCUT2D eigenvalue weighted by molar-refractivity contribution is 5.89. The molecular formula is C22H32O4. The number of rotatable bonds is 9. The van der Waals surface area contributed by atoms with Gasteiger partial charge in [0.15, 0.2) is 5.60 Å². The van der Waals surface area contributed by atoms with Crippen LogP contribution in [0.3, 0.4) is 0 Å². The van der Waals surface area contributed by atoms with Gasteiger partial charge in [-0.05, 0) is 32.1 Å². The van der Waals surface area contributed by atoms with E-state index in [0.29, 0.717) is 11.8 Å². The van der Waals surface area contributed by atoms with Crippen LogP contribution in [0.15, 0.2) is 59.9 Å². The van der Waals surface area contributed by atoms with E-state index in [4.69, 9.17) is 4.74 Å². The lowest BCUT2D eigenvalue weighted by Crippen LogP contribution is -2.37. The molecule has 1 aliphatic heterocycles. The van der Waals surface area contributed by atoms with E-state index in [0.717, 1.165) is 12.8 Å². The second kappa shape index (κ2) is 10.2. The smallest absolute Gasteiger partial charge is 0.374 e. The zero-order valence-electron chi connectivity index (χ0n) is 16.5. The lowest BCUT2D eigenvalue weighted by atomic mass is 9.98. The van der Waals surface area contributed by atoms with Gasteiger partial charge in [0.25, 0.3) is 0 Å². The van der Waals surface area contributed by atoms with Crippen LogP contribution in [0.1, 0.15) is 47.5 Å². The van der Waals surface area contributed by atoms with Gasteiger partial charge in [-0.2, -0.15) is 0 Å². The molecule has 0 saturated carbocycles. The summed E-state index contributed by atoms with van der Waals surface area (Å²) < 4.78 is 5.00. The Morgan fingerprint density at radius 2 is 1.81 bits per heavy atom. The maximum atomic E-state index is 11.2. The molecule has 1 heterocycles. The maximum absolute atomic E-state index is 11.2. The third-order valence-corrected chi connectivity index (χ3v) is 4.48. The van der Waals surface area contributed by atoms with Crippen LogP contribution in [-0.4, -0.2) is 27.9 Å². The molecule has 4 heteroatoms. The summed E-state index contributed by atoms with van der Waals surface area (Å²) in [6.45, 7) is 10.2. The fourth-order valence-electron chi connectivity index (χ4n) is 2.56. The summed E-state index contributed by atoms with van der Waals surface area (Å²) in [5.41, 5.74) is 0.0926. The number of carbonyl (C=O) groups is 1. The standard InChI is InChI=1S/C22H32O4/c1-6-16(2)11-9-12-18(4)14-17(3)10-7-8-13-20(24)22(5)15-19(23)21(25)26-22/h7-13,15-17,20,23-24H,6,14H2,1-5H3/b10-7+,11-9+,13-8+,18-12+. The van der Waals surface area contributed by atoms with Crippen LogP contribution >= 0.6 is 0 Å². The van der Waals surface area contributed by atoms with Gasteiger partial charge in [-0.15, -0.1) is 0 Å². The van der Waals surface area contributed by atoms with Gasteiger partial charge in [0.2, 0.25) is 5.76 Å². The highest BCUT2D eigenvalue weighted by Crippen LogP contribution is 2.27. The molecule has 4 unspecified atom stereocenters. The molecule has 0 aromatic carbocycles. The van der Waals surface area contributed by atoms with Gasteiger partial charge >= 0.3 is 5.97 Å². The van der Waals surface area contributed by atoms with E-state index < -0.39 is 23.4 Å². The zero-order valence-corrected chi connectivity index (χ0v) is 16.5. The van der Waals surface area contributed by atoms with Gasteiger partial charge in [0.05, 0.1) is 0 Å². The van der Waals surface area contributed by atoms with Crippen LogP contribution in [0.5, 0.6) is 0 Å². The molecule has 0 bridgehead atoms. The summed E-state index contributed by atoms with van der Waals surface area (Å²) in [6.07, 6.45) is 16.0. The number of hydrogen-bond donors (Lipinski definition) is 2. The molecule has 0 saturated heterocycles. The van der Waals surface area contributed by atoms with Crippen molar-refractivity contribution in [3.63, 3.8) is 0 Å². The molecular weight excluding hydrogens is 328 g/mol. The molecule has 26 heavy (non-hydrogen) atoms. The van der Waals surface area contributed by atoms with Crippen LogP contribution in [-0.2, 0) is 9.53 Å². The molecule has 0 aromatic heterocycles. The molecule has 0 amide bonds. The number of cyclic esters (lactones) is 1. The largest absolute Gasteiger partial charge is 0.502 e. The quantitative estimate of drug-likeness (QED) is 0.458. The van der Waals surface area contributed by atoms with E-state index in [1.807, 2.05) is 6.08 Å². The highest BCUT2D eigenvalue weighted by atomic mass is 16.6. The van der Waals surface area contributed by atoms with Crippen molar-refractivity contribution >= 4 is 5.97 Å². The first kappa shape index (κ1) is 22.0. The Hall–Kier alpha value is -2.07. The number of carbonyl (C=O) groups excluding carboxylic acids is 1. The lowest BCUT2D eigenvalue weighted by molar-refractivity contribution is -0.153. The number of aliphatic hydroxyl groups excluding tert-OH is 2. The van der Waals surface area contributed by atoms with Crippen molar-refractivity contribution < 1.29 is 19.7 Å². The topological polar surface area (TPSA) is 66.8 Å². The fraction of sp³-hybridized carbons (Fsp3) is 0.500. The maximum Gasteiger partial charge on any atom is 0.374 e. The van der Waals surface area contributed by atoms with Gasteiger partial charge in [-0.25, -0.2) is 4.79 Å². The van der Waals surface area contributed by atoms with E-state index in [1.54, 1.807) is 19.1 Å². The lowest BCUT2D eigenvalue weighted by Gasteiger charge is -2.24. The summed E-state index contributed by atoms with van der Waals surface area (Å²) in [5, 5.41) is 19.5. The molecule has 0 spiro atoms. The summed E-state index contributed by atoms with van der Waals surface area (Å²) in [7, 11) is 0. The average molecular weight is 360 g/mol. The third-order valence-electron chi connectivity index (χ3n) is 4.48. The normalized spacial score (nSPS) is 25.1. The summed E-state index contributed by atoms with van der Waals surface area (Å²) in [6, 6.07) is 0. The van der Waals surface area contributed by atoms with Gasteiger partial charge < -0.3 is 14.9 Å². The fourth-order valence-corrected chi connectivity index (χ4v) is 2.56. The molecule has 0 fully saturated rings. The van der Waals surface area contributed by atoms with Crippen molar-refractivity contribution in [1.82, 2.24) is 0 Å². The molecule has 0 aliphatic carbocycles. The molecule has 0 aromatic rings. The minimum atomic E-state index is -1.22. The first-order valence-electron chi connectivity index (χ1n) is 9.20. The van der Waals surface area contributed by atoms with Crippen molar-refractivity contribution in [2.75, 3.05) is 0 Å². The Kier molecular flexibility index (Phi) is 8.59. The second-order valence-electron chi connectivity index (χ2n) is 7.28. The van der Waals surface area contributed by atoms with Crippen LogP contribution in [0.4, 0.5) is 0 Å². The molecule has 1 aliphatic rings. The van der Waals surface area contributed by atoms with Gasteiger partial charge in [-0.1, -0.05) is 75.3 Å². The zero-order chi connectivity index (χ0) is 19.7. The number of esters is 1. The van der Waals surface area contributed by atoms with Crippen molar-refractivity contribution in [1.29, 1.82) is 0 Å². The minimum Gasteiger partial charge on any atom is -0.502 e. The number of allylic oxidation sites excluding steroid dienone is 7. The second-order valence-corrected chi connectivity index (χ2v) is 7.28. The predicted molar refractivity (Wildman–Crippen MR) is 106 cm³/mol. The molecule has 2 N–H and O–H groups in total. The highest BCUT2D eigenvalue weighted by Gasteiger charge is 2.41. The first-order chi connectivity index (χ1) is 12.2. The first-order valence-corrected chi connectivity index (χ1v) is 9.20. The predicted octanol–water partition coefficient (Wildman–Crippen LogP) is 4.79. The molecule has 4 atom stereocenters. The SMILES string of the molecule is CCC(C)/C=C/C=C(\C)CC(C)/C=C/C=C/C(O)C1(C)C=C(O)C(=O)O1. The van der Waals surface area contributed by atoms with E-state index in [1.165, 1.54) is 11.6 Å². The average Bonchev–Trinajstić information content (AvgIpc) is 2.84. The Bertz CT molecular complexity index is 624. The van der Waals surface area contributed by atoms with Crippen LogP contribution in [0, 0.1) is 11.8 Å². The Morgan fingerprint density at radius 3 is 2.38 bits per heavy atom. The van der Waals surface area contributed by atoms with Crippen molar-refractivity contribution in [2.24, 2.45) is 11.8 Å². The Labute approximate surface area is 157 Å².